The Morgan fingerprint density at radius 2 is 1.44 bits per heavy atom. The van der Waals surface area contributed by atoms with E-state index in [4.69, 9.17) is 0 Å². The molecule has 1 amide bonds. The summed E-state index contributed by atoms with van der Waals surface area (Å²) in [4.78, 5) is 23.5. The van der Waals surface area contributed by atoms with Crippen molar-refractivity contribution in [3.63, 3.8) is 0 Å². The van der Waals surface area contributed by atoms with Gasteiger partial charge in [-0.2, -0.15) is 0 Å². The Labute approximate surface area is 159 Å². The second-order valence-corrected chi connectivity index (χ2v) is 6.72. The summed E-state index contributed by atoms with van der Waals surface area (Å²) in [5, 5.41) is 2.87. The van der Waals surface area contributed by atoms with Crippen molar-refractivity contribution >= 4 is 17.5 Å². The first-order chi connectivity index (χ1) is 13.3. The second-order valence-electron chi connectivity index (χ2n) is 6.72. The highest BCUT2D eigenvalue weighted by Gasteiger charge is 2.13. The molecule has 1 aliphatic heterocycles. The largest absolute Gasteiger partial charge is 0.341 e. The minimum Gasteiger partial charge on any atom is -0.341 e. The van der Waals surface area contributed by atoms with Crippen LogP contribution in [0.2, 0.25) is 0 Å². The molecule has 136 valence electrons. The fourth-order valence-electron chi connectivity index (χ4n) is 3.29. The lowest BCUT2D eigenvalue weighted by Gasteiger charge is -2.26. The molecule has 3 aromatic rings. The van der Waals surface area contributed by atoms with Gasteiger partial charge in [0.15, 0.2) is 0 Å². The van der Waals surface area contributed by atoms with E-state index in [1.807, 2.05) is 42.5 Å². The topological polar surface area (TPSA) is 58.1 Å². The summed E-state index contributed by atoms with van der Waals surface area (Å²) in [6.07, 6.45) is 6.98. The standard InChI is InChI=1S/C22H22N4O/c27-21(19-11-9-18(10-12-19)17-7-3-1-4-8-17)25-20-15-23-22(24-16-20)26-13-5-2-6-14-26/h1,3-4,7-12,15-16H,2,5-6,13-14H2,(H,25,27). The molecule has 2 heterocycles. The maximum absolute atomic E-state index is 12.5. The van der Waals surface area contributed by atoms with Gasteiger partial charge in [0.25, 0.3) is 5.91 Å². The molecule has 0 aliphatic carbocycles. The van der Waals surface area contributed by atoms with Crippen molar-refractivity contribution < 1.29 is 4.79 Å². The average molecular weight is 358 g/mol. The molecular formula is C22H22N4O. The van der Waals surface area contributed by atoms with E-state index in [9.17, 15) is 4.79 Å². The van der Waals surface area contributed by atoms with Crippen LogP contribution in [0.5, 0.6) is 0 Å². The monoisotopic (exact) mass is 358 g/mol. The fraction of sp³-hybridized carbons (Fsp3) is 0.227. The van der Waals surface area contributed by atoms with Crippen LogP contribution in [0.3, 0.4) is 0 Å². The number of aromatic nitrogens is 2. The van der Waals surface area contributed by atoms with Gasteiger partial charge in [-0.1, -0.05) is 42.5 Å². The molecule has 2 aromatic carbocycles. The molecule has 5 nitrogen and oxygen atoms in total. The Morgan fingerprint density at radius 3 is 2.11 bits per heavy atom. The van der Waals surface area contributed by atoms with Crippen LogP contribution < -0.4 is 10.2 Å². The number of rotatable bonds is 4. The highest BCUT2D eigenvalue weighted by Crippen LogP contribution is 2.20. The molecule has 0 atom stereocenters. The van der Waals surface area contributed by atoms with Crippen LogP contribution in [-0.4, -0.2) is 29.0 Å². The maximum Gasteiger partial charge on any atom is 0.255 e. The van der Waals surface area contributed by atoms with E-state index < -0.39 is 0 Å². The maximum atomic E-state index is 12.5. The molecular weight excluding hydrogens is 336 g/mol. The van der Waals surface area contributed by atoms with Gasteiger partial charge >= 0.3 is 0 Å². The molecule has 27 heavy (non-hydrogen) atoms. The third-order valence-corrected chi connectivity index (χ3v) is 4.79. The molecule has 1 saturated heterocycles. The van der Waals surface area contributed by atoms with Crippen molar-refractivity contribution in [2.24, 2.45) is 0 Å². The van der Waals surface area contributed by atoms with Gasteiger partial charge < -0.3 is 10.2 Å². The SMILES string of the molecule is O=C(Nc1cnc(N2CCCCC2)nc1)c1ccc(-c2ccccc2)cc1. The third kappa shape index (κ3) is 4.14. The molecule has 1 aromatic heterocycles. The number of nitrogens with zero attached hydrogens (tertiary/aromatic N) is 3. The summed E-state index contributed by atoms with van der Waals surface area (Å²) in [6, 6.07) is 17.7. The average Bonchev–Trinajstić information content (AvgIpc) is 2.76. The fourth-order valence-corrected chi connectivity index (χ4v) is 3.29. The van der Waals surface area contributed by atoms with Crippen molar-refractivity contribution in [2.75, 3.05) is 23.3 Å². The number of piperidine rings is 1. The van der Waals surface area contributed by atoms with E-state index in [2.05, 4.69) is 32.3 Å². The predicted octanol–water partition coefficient (Wildman–Crippen LogP) is 4.39. The molecule has 1 N–H and O–H groups in total. The Morgan fingerprint density at radius 1 is 0.815 bits per heavy atom. The number of hydrogen-bond donors (Lipinski definition) is 1. The van der Waals surface area contributed by atoms with Crippen molar-refractivity contribution in [3.8, 4) is 11.1 Å². The summed E-state index contributed by atoms with van der Waals surface area (Å²) in [5.41, 5.74) is 3.43. The minimum absolute atomic E-state index is 0.163. The number of hydrogen-bond acceptors (Lipinski definition) is 4. The van der Waals surface area contributed by atoms with Crippen molar-refractivity contribution in [1.82, 2.24) is 9.97 Å². The first-order valence-corrected chi connectivity index (χ1v) is 9.33. The molecule has 1 fully saturated rings. The number of carbonyl (C=O) groups excluding carboxylic acids is 1. The molecule has 5 heteroatoms. The van der Waals surface area contributed by atoms with E-state index >= 15 is 0 Å². The van der Waals surface area contributed by atoms with Crippen LogP contribution in [0.25, 0.3) is 11.1 Å². The minimum atomic E-state index is -0.163. The summed E-state index contributed by atoms with van der Waals surface area (Å²) in [5.74, 6) is 0.573. The summed E-state index contributed by atoms with van der Waals surface area (Å²) in [7, 11) is 0. The number of anilines is 2. The summed E-state index contributed by atoms with van der Waals surface area (Å²) in [6.45, 7) is 2.00. The lowest BCUT2D eigenvalue weighted by Crippen LogP contribution is -2.30. The lowest BCUT2D eigenvalue weighted by atomic mass is 10.0. The van der Waals surface area contributed by atoms with Crippen molar-refractivity contribution in [1.29, 1.82) is 0 Å². The van der Waals surface area contributed by atoms with E-state index in [-0.39, 0.29) is 5.91 Å². The Kier molecular flexibility index (Phi) is 5.10. The lowest BCUT2D eigenvalue weighted by molar-refractivity contribution is 0.102. The second kappa shape index (κ2) is 7.99. The Hall–Kier alpha value is -3.21. The smallest absolute Gasteiger partial charge is 0.255 e. The zero-order valence-corrected chi connectivity index (χ0v) is 15.1. The molecule has 0 unspecified atom stereocenters. The van der Waals surface area contributed by atoms with Crippen LogP contribution in [0.4, 0.5) is 11.6 Å². The van der Waals surface area contributed by atoms with Crippen LogP contribution in [0, 0.1) is 0 Å². The van der Waals surface area contributed by atoms with Gasteiger partial charge in [0, 0.05) is 18.7 Å². The van der Waals surface area contributed by atoms with E-state index in [0.717, 1.165) is 30.2 Å². The van der Waals surface area contributed by atoms with Gasteiger partial charge in [-0.3, -0.25) is 4.79 Å². The quantitative estimate of drug-likeness (QED) is 0.752. The first-order valence-electron chi connectivity index (χ1n) is 9.33. The Balaban J connectivity index is 1.41. The van der Waals surface area contributed by atoms with Gasteiger partial charge in [0.1, 0.15) is 0 Å². The van der Waals surface area contributed by atoms with E-state index in [1.165, 1.54) is 19.3 Å². The van der Waals surface area contributed by atoms with E-state index in [0.29, 0.717) is 11.3 Å². The highest BCUT2D eigenvalue weighted by atomic mass is 16.1. The first kappa shape index (κ1) is 17.2. The highest BCUT2D eigenvalue weighted by molar-refractivity contribution is 6.04. The summed E-state index contributed by atoms with van der Waals surface area (Å²) < 4.78 is 0. The van der Waals surface area contributed by atoms with Gasteiger partial charge in [-0.15, -0.1) is 0 Å². The van der Waals surface area contributed by atoms with Crippen LogP contribution in [0.15, 0.2) is 67.0 Å². The molecule has 0 saturated carbocycles. The number of benzene rings is 2. The molecule has 0 radical (unpaired) electrons. The van der Waals surface area contributed by atoms with Gasteiger partial charge in [0.2, 0.25) is 5.95 Å². The van der Waals surface area contributed by atoms with E-state index in [1.54, 1.807) is 12.4 Å². The Bertz CT molecular complexity index is 886. The van der Waals surface area contributed by atoms with Gasteiger partial charge in [-0.25, -0.2) is 9.97 Å². The molecule has 0 bridgehead atoms. The number of carbonyl (C=O) groups is 1. The van der Waals surface area contributed by atoms with Gasteiger partial charge in [-0.05, 0) is 42.5 Å². The van der Waals surface area contributed by atoms with Crippen molar-refractivity contribution in [2.45, 2.75) is 19.3 Å². The zero-order valence-electron chi connectivity index (χ0n) is 15.1. The van der Waals surface area contributed by atoms with Crippen LogP contribution in [0.1, 0.15) is 29.6 Å². The molecule has 1 aliphatic rings. The third-order valence-electron chi connectivity index (χ3n) is 4.79. The normalized spacial score (nSPS) is 14.0. The zero-order chi connectivity index (χ0) is 18.5. The predicted molar refractivity (Wildman–Crippen MR) is 108 cm³/mol. The van der Waals surface area contributed by atoms with Crippen LogP contribution in [-0.2, 0) is 0 Å². The van der Waals surface area contributed by atoms with Crippen molar-refractivity contribution in [3.05, 3.63) is 72.6 Å². The summed E-state index contributed by atoms with van der Waals surface area (Å²) >= 11 is 0. The van der Waals surface area contributed by atoms with Crippen LogP contribution >= 0.6 is 0 Å². The number of nitrogens with one attached hydrogen (secondary N) is 1. The molecule has 0 spiro atoms. The number of amides is 1. The van der Waals surface area contributed by atoms with Gasteiger partial charge in [0.05, 0.1) is 18.1 Å². The molecule has 4 rings (SSSR count).